The Morgan fingerprint density at radius 1 is 1.17 bits per heavy atom. The molecule has 24 heavy (non-hydrogen) atoms. The number of rotatable bonds is 5. The molecule has 0 aliphatic carbocycles. The standard InChI is InChI=1S/C16H18Cl2N2O3S/c1-10-7-13(11(2)20(10)4)16(21)9-19(3)24(22,23)12-5-6-14(17)15(18)8-12/h5-8H,9H2,1-4H3. The van der Waals surface area contributed by atoms with E-state index in [0.717, 1.165) is 15.7 Å². The van der Waals surface area contributed by atoms with E-state index in [2.05, 4.69) is 0 Å². The van der Waals surface area contributed by atoms with Gasteiger partial charge in [-0.05, 0) is 38.1 Å². The van der Waals surface area contributed by atoms with Crippen molar-refractivity contribution in [3.8, 4) is 0 Å². The molecule has 2 rings (SSSR count). The number of halogens is 2. The lowest BCUT2D eigenvalue weighted by atomic mass is 10.1. The third-order valence-electron chi connectivity index (χ3n) is 4.04. The number of likely N-dealkylation sites (N-methyl/N-ethyl adjacent to an activating group) is 1. The summed E-state index contributed by atoms with van der Waals surface area (Å²) in [5.41, 5.74) is 2.26. The van der Waals surface area contributed by atoms with Gasteiger partial charge in [-0.3, -0.25) is 4.79 Å². The summed E-state index contributed by atoms with van der Waals surface area (Å²) in [4.78, 5) is 12.5. The first-order valence-electron chi connectivity index (χ1n) is 7.13. The van der Waals surface area contributed by atoms with Crippen LogP contribution in [0.4, 0.5) is 0 Å². The minimum absolute atomic E-state index is 0.00633. The van der Waals surface area contributed by atoms with Gasteiger partial charge in [-0.15, -0.1) is 0 Å². The van der Waals surface area contributed by atoms with Gasteiger partial charge >= 0.3 is 0 Å². The van der Waals surface area contributed by atoms with E-state index in [1.54, 1.807) is 6.07 Å². The van der Waals surface area contributed by atoms with E-state index in [-0.39, 0.29) is 27.3 Å². The highest BCUT2D eigenvalue weighted by Gasteiger charge is 2.25. The monoisotopic (exact) mass is 388 g/mol. The Morgan fingerprint density at radius 2 is 1.79 bits per heavy atom. The molecule has 0 aliphatic rings. The summed E-state index contributed by atoms with van der Waals surface area (Å²) in [6.45, 7) is 3.46. The van der Waals surface area contributed by atoms with Gasteiger partial charge in [-0.2, -0.15) is 4.31 Å². The van der Waals surface area contributed by atoms with Crippen LogP contribution in [0.5, 0.6) is 0 Å². The number of carbonyl (C=O) groups excluding carboxylic acids is 1. The Labute approximate surface area is 151 Å². The predicted molar refractivity (Wildman–Crippen MR) is 95.5 cm³/mol. The second-order valence-electron chi connectivity index (χ2n) is 5.60. The molecule has 0 unspecified atom stereocenters. The molecule has 5 nitrogen and oxygen atoms in total. The van der Waals surface area contributed by atoms with Gasteiger partial charge in [0.15, 0.2) is 5.78 Å². The van der Waals surface area contributed by atoms with Gasteiger partial charge in [0.2, 0.25) is 10.0 Å². The molecule has 2 aromatic rings. The molecule has 0 fully saturated rings. The number of sulfonamides is 1. The van der Waals surface area contributed by atoms with Crippen molar-refractivity contribution in [1.82, 2.24) is 8.87 Å². The van der Waals surface area contributed by atoms with Crippen LogP contribution in [0.2, 0.25) is 10.0 Å². The highest BCUT2D eigenvalue weighted by atomic mass is 35.5. The molecule has 1 aromatic carbocycles. The van der Waals surface area contributed by atoms with Gasteiger partial charge in [0, 0.05) is 31.0 Å². The molecule has 0 radical (unpaired) electrons. The van der Waals surface area contributed by atoms with Crippen molar-refractivity contribution >= 4 is 39.0 Å². The van der Waals surface area contributed by atoms with Crippen LogP contribution in [0.25, 0.3) is 0 Å². The molecule has 8 heteroatoms. The summed E-state index contributed by atoms with van der Waals surface area (Å²) in [5.74, 6) is -0.262. The molecule has 1 heterocycles. The summed E-state index contributed by atoms with van der Waals surface area (Å²) < 4.78 is 28.1. The van der Waals surface area contributed by atoms with Crippen LogP contribution in [-0.4, -0.2) is 36.7 Å². The van der Waals surface area contributed by atoms with Gasteiger partial charge in [0.25, 0.3) is 0 Å². The maximum atomic E-state index is 12.6. The lowest BCUT2D eigenvalue weighted by Gasteiger charge is -2.17. The normalized spacial score (nSPS) is 12.0. The van der Waals surface area contributed by atoms with Crippen molar-refractivity contribution < 1.29 is 13.2 Å². The molecule has 0 bridgehead atoms. The Morgan fingerprint density at radius 3 is 2.29 bits per heavy atom. The van der Waals surface area contributed by atoms with Crippen LogP contribution in [0, 0.1) is 13.8 Å². The lowest BCUT2D eigenvalue weighted by Crippen LogP contribution is -2.32. The van der Waals surface area contributed by atoms with Crippen LogP contribution in [0.15, 0.2) is 29.2 Å². The number of hydrogen-bond acceptors (Lipinski definition) is 3. The highest BCUT2D eigenvalue weighted by molar-refractivity contribution is 7.89. The summed E-state index contributed by atoms with van der Waals surface area (Å²) >= 11 is 11.7. The lowest BCUT2D eigenvalue weighted by molar-refractivity contribution is 0.0972. The molecule has 0 N–H and O–H groups in total. The first kappa shape index (κ1) is 19.0. The van der Waals surface area contributed by atoms with Gasteiger partial charge in [0.05, 0.1) is 21.5 Å². The summed E-state index contributed by atoms with van der Waals surface area (Å²) in [6, 6.07) is 5.81. The largest absolute Gasteiger partial charge is 0.351 e. The van der Waals surface area contributed by atoms with E-state index >= 15 is 0 Å². The quantitative estimate of drug-likeness (QED) is 0.736. The highest BCUT2D eigenvalue weighted by Crippen LogP contribution is 2.26. The van der Waals surface area contributed by atoms with Crippen LogP contribution in [0.1, 0.15) is 21.7 Å². The fourth-order valence-electron chi connectivity index (χ4n) is 2.33. The number of aryl methyl sites for hydroxylation is 1. The van der Waals surface area contributed by atoms with Gasteiger partial charge in [-0.25, -0.2) is 8.42 Å². The van der Waals surface area contributed by atoms with Crippen molar-refractivity contribution in [2.45, 2.75) is 18.7 Å². The van der Waals surface area contributed by atoms with Crippen molar-refractivity contribution in [3.05, 3.63) is 51.3 Å². The van der Waals surface area contributed by atoms with Crippen LogP contribution < -0.4 is 0 Å². The molecule has 0 amide bonds. The van der Waals surface area contributed by atoms with Crippen molar-refractivity contribution in [2.75, 3.05) is 13.6 Å². The second kappa shape index (κ2) is 6.88. The van der Waals surface area contributed by atoms with E-state index in [4.69, 9.17) is 23.2 Å². The number of ketones is 1. The maximum absolute atomic E-state index is 12.6. The fraction of sp³-hybridized carbons (Fsp3) is 0.312. The Bertz CT molecular complexity index is 904. The predicted octanol–water partition coefficient (Wildman–Crippen LogP) is 3.45. The van der Waals surface area contributed by atoms with Gasteiger partial charge in [0.1, 0.15) is 0 Å². The average Bonchev–Trinajstić information content (AvgIpc) is 2.77. The third-order valence-corrected chi connectivity index (χ3v) is 6.58. The number of aromatic nitrogens is 1. The molecule has 0 spiro atoms. The number of hydrogen-bond donors (Lipinski definition) is 0. The maximum Gasteiger partial charge on any atom is 0.243 e. The molecule has 130 valence electrons. The van der Waals surface area contributed by atoms with Crippen LogP contribution in [-0.2, 0) is 17.1 Å². The Balaban J connectivity index is 2.27. The number of Topliss-reactive ketones (excluding diaryl/α,β-unsaturated/α-hetero) is 1. The van der Waals surface area contributed by atoms with Crippen LogP contribution >= 0.6 is 23.2 Å². The third kappa shape index (κ3) is 3.52. The molecule has 1 aromatic heterocycles. The average molecular weight is 389 g/mol. The van der Waals surface area contributed by atoms with Crippen LogP contribution in [0.3, 0.4) is 0 Å². The first-order chi connectivity index (χ1) is 11.1. The SMILES string of the molecule is Cc1cc(C(=O)CN(C)S(=O)(=O)c2ccc(Cl)c(Cl)c2)c(C)n1C. The molecular formula is C16H18Cl2N2O3S. The van der Waals surface area contributed by atoms with E-state index in [1.165, 1.54) is 25.2 Å². The van der Waals surface area contributed by atoms with E-state index in [0.29, 0.717) is 5.56 Å². The minimum Gasteiger partial charge on any atom is -0.351 e. The van der Waals surface area contributed by atoms with E-state index in [1.807, 2.05) is 25.5 Å². The second-order valence-corrected chi connectivity index (χ2v) is 8.46. The van der Waals surface area contributed by atoms with E-state index in [9.17, 15) is 13.2 Å². The zero-order valence-electron chi connectivity index (χ0n) is 13.8. The minimum atomic E-state index is -3.83. The summed E-state index contributed by atoms with van der Waals surface area (Å²) in [7, 11) is -0.614. The Hall–Kier alpha value is -1.34. The van der Waals surface area contributed by atoms with E-state index < -0.39 is 10.0 Å². The number of benzene rings is 1. The number of nitrogens with zero attached hydrogens (tertiary/aromatic N) is 2. The van der Waals surface area contributed by atoms with Crippen molar-refractivity contribution in [3.63, 3.8) is 0 Å². The van der Waals surface area contributed by atoms with Gasteiger partial charge < -0.3 is 4.57 Å². The fourth-order valence-corrected chi connectivity index (χ4v) is 3.84. The molecule has 0 saturated heterocycles. The summed E-state index contributed by atoms with van der Waals surface area (Å²) in [6.07, 6.45) is 0. The topological polar surface area (TPSA) is 59.4 Å². The van der Waals surface area contributed by atoms with Crippen molar-refractivity contribution in [2.24, 2.45) is 7.05 Å². The zero-order chi connectivity index (χ0) is 18.2. The summed E-state index contributed by atoms with van der Waals surface area (Å²) in [5, 5.41) is 0.414. The van der Waals surface area contributed by atoms with Gasteiger partial charge in [-0.1, -0.05) is 23.2 Å². The first-order valence-corrected chi connectivity index (χ1v) is 9.32. The molecule has 0 atom stereocenters. The zero-order valence-corrected chi connectivity index (χ0v) is 16.1. The molecular weight excluding hydrogens is 371 g/mol. The Kier molecular flexibility index (Phi) is 5.44. The van der Waals surface area contributed by atoms with Crippen molar-refractivity contribution in [1.29, 1.82) is 0 Å². The smallest absolute Gasteiger partial charge is 0.243 e. The molecule has 0 saturated carbocycles. The molecule has 0 aliphatic heterocycles. The number of carbonyl (C=O) groups is 1.